The van der Waals surface area contributed by atoms with Gasteiger partial charge < -0.3 is 0 Å². The number of rotatable bonds is 3. The highest BCUT2D eigenvalue weighted by atomic mass is 35.7. The summed E-state index contributed by atoms with van der Waals surface area (Å²) >= 11 is 10.9. The quantitative estimate of drug-likeness (QED) is 0.293. The molecule has 0 amide bonds. The third-order valence-electron chi connectivity index (χ3n) is 4.50. The molecule has 0 atom stereocenters. The topological polar surface area (TPSA) is 0 Å². The molecule has 0 fully saturated rings. The van der Waals surface area contributed by atoms with Crippen LogP contribution in [0.15, 0.2) is 0 Å². The van der Waals surface area contributed by atoms with Gasteiger partial charge >= 0.3 is 0 Å². The van der Waals surface area contributed by atoms with E-state index in [1.807, 2.05) is 13.1 Å². The van der Waals surface area contributed by atoms with E-state index in [0.717, 1.165) is 4.28 Å². The summed E-state index contributed by atoms with van der Waals surface area (Å²) in [4.78, 5) is 0. The summed E-state index contributed by atoms with van der Waals surface area (Å²) in [5.41, 5.74) is 0. The molecular formula is C18H56Cl2Si4. The van der Waals surface area contributed by atoms with E-state index in [1.165, 1.54) is 0 Å². The minimum absolute atomic E-state index is 0. The van der Waals surface area contributed by atoms with Crippen molar-refractivity contribution >= 4 is 53.1 Å². The van der Waals surface area contributed by atoms with Crippen molar-refractivity contribution in [3.8, 4) is 0 Å². The molecule has 0 unspecified atom stereocenters. The van der Waals surface area contributed by atoms with E-state index >= 15 is 0 Å². The lowest BCUT2D eigenvalue weighted by atomic mass is 10.9. The van der Waals surface area contributed by atoms with Gasteiger partial charge in [-0.05, 0) is 17.4 Å². The summed E-state index contributed by atoms with van der Waals surface area (Å²) in [5, 5.41) is 0. The van der Waals surface area contributed by atoms with Crippen molar-refractivity contribution < 1.29 is 0 Å². The summed E-state index contributed by atoms with van der Waals surface area (Å²) in [6.07, 6.45) is 0. The van der Waals surface area contributed by atoms with Crippen molar-refractivity contribution in [2.75, 3.05) is 0 Å². The standard InChI is InChI=1S/C11H30Si3.C2H6Cl2Si.5CH4/c1-11(12(2,3)4,13(5,6)7)14(8,9)10;1-5(2,3)4;;;;;/h1-10H3;1-2H3;5*1H4. The van der Waals surface area contributed by atoms with E-state index in [2.05, 4.69) is 65.8 Å². The molecule has 0 bridgehead atoms. The van der Waals surface area contributed by atoms with Gasteiger partial charge in [0.1, 0.15) is 0 Å². The zero-order valence-corrected chi connectivity index (χ0v) is 20.8. The van der Waals surface area contributed by atoms with E-state index < -0.39 is 30.9 Å². The highest BCUT2D eigenvalue weighted by molar-refractivity contribution is 7.44. The van der Waals surface area contributed by atoms with Crippen LogP contribution in [-0.4, -0.2) is 30.9 Å². The van der Waals surface area contributed by atoms with Crippen LogP contribution in [0, 0.1) is 0 Å². The lowest BCUT2D eigenvalue weighted by Crippen LogP contribution is -2.64. The Balaban J connectivity index is -0.0000000514. The van der Waals surface area contributed by atoms with Gasteiger partial charge in [-0.2, -0.15) is 0 Å². The molecule has 0 spiro atoms. The van der Waals surface area contributed by atoms with Gasteiger partial charge in [-0.3, -0.25) is 0 Å². The average Bonchev–Trinajstić information content (AvgIpc) is 1.92. The van der Waals surface area contributed by atoms with E-state index in [-0.39, 0.29) is 37.1 Å². The third kappa shape index (κ3) is 14.6. The lowest BCUT2D eigenvalue weighted by Gasteiger charge is -2.57. The molecule has 0 N–H and O–H groups in total. The second-order valence-electron chi connectivity index (χ2n) is 9.20. The normalized spacial score (nSPS) is 11.8. The fourth-order valence-electron chi connectivity index (χ4n) is 3.38. The molecule has 0 aromatic carbocycles. The van der Waals surface area contributed by atoms with Crippen molar-refractivity contribution in [1.29, 1.82) is 0 Å². The van der Waals surface area contributed by atoms with Gasteiger partial charge in [-0.15, -0.1) is 22.2 Å². The summed E-state index contributed by atoms with van der Waals surface area (Å²) in [6, 6.07) is 0. The zero-order valence-electron chi connectivity index (χ0n) is 15.3. The van der Waals surface area contributed by atoms with Crippen molar-refractivity contribution in [1.82, 2.24) is 0 Å². The molecule has 0 aliphatic carbocycles. The van der Waals surface area contributed by atoms with Gasteiger partial charge in [0.15, 0.2) is 0 Å². The van der Waals surface area contributed by atoms with E-state index in [9.17, 15) is 0 Å². The molecule has 6 heteroatoms. The Morgan fingerprint density at radius 2 is 0.542 bits per heavy atom. The summed E-state index contributed by atoms with van der Waals surface area (Å²) < 4.78 is 0.729. The van der Waals surface area contributed by atoms with Crippen molar-refractivity contribution in [3.63, 3.8) is 0 Å². The maximum atomic E-state index is 5.43. The fraction of sp³-hybridized carbons (Fsp3) is 1.00. The van der Waals surface area contributed by atoms with Gasteiger partial charge in [-0.1, -0.05) is 103 Å². The average molecular weight is 456 g/mol. The van der Waals surface area contributed by atoms with Crippen LogP contribution in [0.25, 0.3) is 0 Å². The molecule has 24 heavy (non-hydrogen) atoms. The molecule has 0 rings (SSSR count). The van der Waals surface area contributed by atoms with Crippen molar-refractivity contribution in [2.45, 2.75) is 120 Å². The van der Waals surface area contributed by atoms with Gasteiger partial charge in [0.2, 0.25) is 6.69 Å². The maximum Gasteiger partial charge on any atom is 0.245 e. The Bertz CT molecular complexity index is 237. The Morgan fingerprint density at radius 3 is 0.542 bits per heavy atom. The molecule has 0 saturated heterocycles. The second kappa shape index (κ2) is 13.6. The summed E-state index contributed by atoms with van der Waals surface area (Å²) in [6.45, 7) is 27.8. The predicted molar refractivity (Wildman–Crippen MR) is 141 cm³/mol. The first-order valence-corrected chi connectivity index (χ1v) is 22.7. The van der Waals surface area contributed by atoms with Crippen LogP contribution in [0.4, 0.5) is 0 Å². The van der Waals surface area contributed by atoms with Gasteiger partial charge in [0.05, 0.1) is 0 Å². The molecule has 0 aliphatic rings. The Hall–Kier alpha value is 1.45. The first kappa shape index (κ1) is 44.7. The maximum absolute atomic E-state index is 5.43. The molecule has 158 valence electrons. The highest BCUT2D eigenvalue weighted by Crippen LogP contribution is 2.52. The van der Waals surface area contributed by atoms with Crippen molar-refractivity contribution in [3.05, 3.63) is 0 Å². The van der Waals surface area contributed by atoms with E-state index in [4.69, 9.17) is 22.2 Å². The fourth-order valence-corrected chi connectivity index (χ4v) is 30.4. The summed E-state index contributed by atoms with van der Waals surface area (Å²) in [7, 11) is -3.17. The van der Waals surface area contributed by atoms with Crippen molar-refractivity contribution in [2.24, 2.45) is 0 Å². The number of hydrogen-bond donors (Lipinski definition) is 0. The van der Waals surface area contributed by atoms with Crippen LogP contribution in [0.3, 0.4) is 0 Å². The van der Waals surface area contributed by atoms with Crippen LogP contribution in [0.2, 0.25) is 76.3 Å². The minimum atomic E-state index is -1.67. The molecule has 0 radical (unpaired) electrons. The van der Waals surface area contributed by atoms with E-state index in [0.29, 0.717) is 0 Å². The van der Waals surface area contributed by atoms with Gasteiger partial charge in [-0.25, -0.2) is 0 Å². The van der Waals surface area contributed by atoms with Crippen LogP contribution in [0.1, 0.15) is 44.1 Å². The smallest absolute Gasteiger partial charge is 0.146 e. The Labute approximate surface area is 173 Å². The Morgan fingerprint density at radius 1 is 0.458 bits per heavy atom. The van der Waals surface area contributed by atoms with E-state index in [1.54, 1.807) is 0 Å². The Kier molecular flexibility index (Phi) is 25.3. The van der Waals surface area contributed by atoms with Crippen LogP contribution >= 0.6 is 22.2 Å². The predicted octanol–water partition coefficient (Wildman–Crippen LogP) is 10.2. The molecule has 0 aliphatic heterocycles. The minimum Gasteiger partial charge on any atom is -0.146 e. The SMILES string of the molecule is C.C.C.C.C.CC([Si](C)(C)C)([Si](C)(C)C)[Si](C)(C)C.C[Si](C)(Cl)Cl. The molecule has 0 aromatic rings. The van der Waals surface area contributed by atoms with Gasteiger partial charge in [0.25, 0.3) is 0 Å². The van der Waals surface area contributed by atoms with Crippen LogP contribution in [0.5, 0.6) is 0 Å². The number of halogens is 2. The summed E-state index contributed by atoms with van der Waals surface area (Å²) in [5.74, 6) is 0. The van der Waals surface area contributed by atoms with Crippen LogP contribution < -0.4 is 0 Å². The monoisotopic (exact) mass is 454 g/mol. The zero-order chi connectivity index (χ0) is 16.5. The first-order chi connectivity index (χ1) is 7.75. The molecule has 0 nitrogen and oxygen atoms in total. The first-order valence-electron chi connectivity index (χ1n) is 7.13. The van der Waals surface area contributed by atoms with Gasteiger partial charge in [0, 0.05) is 24.2 Å². The highest BCUT2D eigenvalue weighted by Gasteiger charge is 2.56. The molecule has 0 aromatic heterocycles. The second-order valence-corrected chi connectivity index (χ2v) is 36.1. The van der Waals surface area contributed by atoms with Crippen LogP contribution in [-0.2, 0) is 0 Å². The lowest BCUT2D eigenvalue weighted by molar-refractivity contribution is 1.01. The largest absolute Gasteiger partial charge is 0.245 e. The number of hydrogen-bond acceptors (Lipinski definition) is 0. The molecule has 0 saturated carbocycles. The molecule has 0 heterocycles. The third-order valence-corrected chi connectivity index (χ3v) is 27.0. The molecular weight excluding hydrogens is 399 g/mol.